The number of amidine groups is 1. The number of nitrogens with one attached hydrogen (secondary N) is 1. The van der Waals surface area contributed by atoms with E-state index >= 15 is 0 Å². The lowest BCUT2D eigenvalue weighted by atomic mass is 10.0. The molecule has 0 aliphatic heterocycles. The molecule has 1 saturated carbocycles. The standard InChI is InChI=1S/C12H18N4O2/c1-18-11-3-2-9(7-14-11)15-8-12(4-5-12)6-10(13)16-17/h2-3,7,15,17H,4-6,8H2,1H3,(H2,13,16). The third-order valence-electron chi connectivity index (χ3n) is 3.25. The first-order chi connectivity index (χ1) is 8.67. The number of anilines is 1. The maximum absolute atomic E-state index is 8.59. The van der Waals surface area contributed by atoms with E-state index in [1.54, 1.807) is 13.3 Å². The summed E-state index contributed by atoms with van der Waals surface area (Å²) in [6.45, 7) is 0.803. The molecule has 1 fully saturated rings. The van der Waals surface area contributed by atoms with Crippen molar-refractivity contribution in [3.05, 3.63) is 18.3 Å². The largest absolute Gasteiger partial charge is 0.481 e. The van der Waals surface area contributed by atoms with Crippen molar-refractivity contribution in [2.75, 3.05) is 19.0 Å². The smallest absolute Gasteiger partial charge is 0.213 e. The van der Waals surface area contributed by atoms with Crippen molar-refractivity contribution < 1.29 is 9.94 Å². The lowest BCUT2D eigenvalue weighted by Gasteiger charge is -2.15. The van der Waals surface area contributed by atoms with Gasteiger partial charge in [-0.05, 0) is 24.3 Å². The molecular weight excluding hydrogens is 232 g/mol. The fourth-order valence-corrected chi connectivity index (χ4v) is 1.91. The van der Waals surface area contributed by atoms with E-state index in [0.29, 0.717) is 18.1 Å². The van der Waals surface area contributed by atoms with Crippen LogP contribution in [0.5, 0.6) is 5.88 Å². The highest BCUT2D eigenvalue weighted by Gasteiger charge is 2.43. The third-order valence-corrected chi connectivity index (χ3v) is 3.25. The fraction of sp³-hybridized carbons (Fsp3) is 0.500. The zero-order valence-electron chi connectivity index (χ0n) is 10.4. The van der Waals surface area contributed by atoms with Crippen molar-refractivity contribution in [1.29, 1.82) is 0 Å². The van der Waals surface area contributed by atoms with Gasteiger partial charge in [0.05, 0.1) is 19.0 Å². The van der Waals surface area contributed by atoms with E-state index < -0.39 is 0 Å². The van der Waals surface area contributed by atoms with Gasteiger partial charge in [0.2, 0.25) is 5.88 Å². The van der Waals surface area contributed by atoms with Crippen molar-refractivity contribution in [2.24, 2.45) is 16.3 Å². The molecule has 98 valence electrons. The Morgan fingerprint density at radius 1 is 1.61 bits per heavy atom. The Kier molecular flexibility index (Phi) is 3.55. The minimum Gasteiger partial charge on any atom is -0.481 e. The molecule has 0 aromatic carbocycles. The molecule has 0 unspecified atom stereocenters. The molecule has 1 aromatic heterocycles. The van der Waals surface area contributed by atoms with Crippen molar-refractivity contribution in [2.45, 2.75) is 19.3 Å². The number of rotatable bonds is 6. The second kappa shape index (κ2) is 5.12. The molecule has 1 aliphatic rings. The van der Waals surface area contributed by atoms with Gasteiger partial charge in [0.25, 0.3) is 0 Å². The van der Waals surface area contributed by atoms with Crippen LogP contribution in [-0.2, 0) is 0 Å². The van der Waals surface area contributed by atoms with Crippen LogP contribution >= 0.6 is 0 Å². The molecular formula is C12H18N4O2. The first kappa shape index (κ1) is 12.5. The summed E-state index contributed by atoms with van der Waals surface area (Å²) in [5.74, 6) is 0.889. The van der Waals surface area contributed by atoms with E-state index in [-0.39, 0.29) is 5.41 Å². The number of nitrogens with zero attached hydrogens (tertiary/aromatic N) is 2. The molecule has 18 heavy (non-hydrogen) atoms. The van der Waals surface area contributed by atoms with Crippen LogP contribution in [0.25, 0.3) is 0 Å². The topological polar surface area (TPSA) is 92.8 Å². The Balaban J connectivity index is 1.87. The minimum absolute atomic E-state index is 0.135. The summed E-state index contributed by atoms with van der Waals surface area (Å²) in [5, 5.41) is 14.9. The predicted octanol–water partition coefficient (Wildman–Crippen LogP) is 1.42. The highest BCUT2D eigenvalue weighted by Crippen LogP contribution is 2.48. The van der Waals surface area contributed by atoms with Crippen molar-refractivity contribution in [1.82, 2.24) is 4.98 Å². The summed E-state index contributed by atoms with van der Waals surface area (Å²) in [4.78, 5) is 4.12. The Bertz CT molecular complexity index is 426. The Morgan fingerprint density at radius 3 is 2.89 bits per heavy atom. The Labute approximate surface area is 106 Å². The van der Waals surface area contributed by atoms with Crippen LogP contribution in [0.1, 0.15) is 19.3 Å². The molecule has 6 heteroatoms. The number of ether oxygens (including phenoxy) is 1. The van der Waals surface area contributed by atoms with Gasteiger partial charge in [0, 0.05) is 19.0 Å². The molecule has 0 amide bonds. The van der Waals surface area contributed by atoms with Crippen LogP contribution < -0.4 is 15.8 Å². The number of oxime groups is 1. The lowest BCUT2D eigenvalue weighted by Crippen LogP contribution is -2.23. The molecule has 0 spiro atoms. The zero-order valence-corrected chi connectivity index (χ0v) is 10.4. The highest BCUT2D eigenvalue weighted by atomic mass is 16.5. The van der Waals surface area contributed by atoms with Crippen LogP contribution in [0.2, 0.25) is 0 Å². The van der Waals surface area contributed by atoms with Crippen molar-refractivity contribution in [3.63, 3.8) is 0 Å². The molecule has 1 aromatic rings. The second-order valence-electron chi connectivity index (χ2n) is 4.71. The number of aromatic nitrogens is 1. The van der Waals surface area contributed by atoms with E-state index in [2.05, 4.69) is 15.5 Å². The number of nitrogens with two attached hydrogens (primary N) is 1. The molecule has 0 atom stereocenters. The molecule has 2 rings (SSSR count). The second-order valence-corrected chi connectivity index (χ2v) is 4.71. The van der Waals surface area contributed by atoms with Crippen LogP contribution in [0.15, 0.2) is 23.5 Å². The van der Waals surface area contributed by atoms with Crippen LogP contribution in [0.4, 0.5) is 5.69 Å². The van der Waals surface area contributed by atoms with Gasteiger partial charge in [-0.2, -0.15) is 0 Å². The Morgan fingerprint density at radius 2 is 2.39 bits per heavy atom. The van der Waals surface area contributed by atoms with Gasteiger partial charge in [-0.15, -0.1) is 0 Å². The van der Waals surface area contributed by atoms with Crippen LogP contribution in [0.3, 0.4) is 0 Å². The van der Waals surface area contributed by atoms with E-state index in [9.17, 15) is 0 Å². The summed E-state index contributed by atoms with van der Waals surface area (Å²) in [7, 11) is 1.59. The number of methoxy groups -OCH3 is 1. The molecule has 0 saturated heterocycles. The maximum atomic E-state index is 8.59. The summed E-state index contributed by atoms with van der Waals surface area (Å²) >= 11 is 0. The summed E-state index contributed by atoms with van der Waals surface area (Å²) in [6, 6.07) is 3.73. The summed E-state index contributed by atoms with van der Waals surface area (Å²) < 4.78 is 5.00. The molecule has 1 heterocycles. The molecule has 0 radical (unpaired) electrons. The lowest BCUT2D eigenvalue weighted by molar-refractivity contribution is 0.315. The molecule has 1 aliphatic carbocycles. The van der Waals surface area contributed by atoms with Gasteiger partial charge < -0.3 is 21.0 Å². The zero-order chi connectivity index (χ0) is 13.0. The number of hydrogen-bond acceptors (Lipinski definition) is 5. The normalized spacial score (nSPS) is 17.3. The van der Waals surface area contributed by atoms with E-state index in [1.807, 2.05) is 12.1 Å². The first-order valence-corrected chi connectivity index (χ1v) is 5.88. The van der Waals surface area contributed by atoms with E-state index in [4.69, 9.17) is 15.7 Å². The summed E-state index contributed by atoms with van der Waals surface area (Å²) in [5.41, 5.74) is 6.63. The average molecular weight is 250 g/mol. The van der Waals surface area contributed by atoms with Gasteiger partial charge in [0.15, 0.2) is 0 Å². The number of hydrogen-bond donors (Lipinski definition) is 3. The van der Waals surface area contributed by atoms with Crippen molar-refractivity contribution >= 4 is 11.5 Å². The number of pyridine rings is 1. The summed E-state index contributed by atoms with van der Waals surface area (Å²) in [6.07, 6.45) is 4.55. The van der Waals surface area contributed by atoms with E-state index in [0.717, 1.165) is 25.1 Å². The Hall–Kier alpha value is -1.98. The van der Waals surface area contributed by atoms with Gasteiger partial charge in [-0.1, -0.05) is 5.16 Å². The first-order valence-electron chi connectivity index (χ1n) is 5.88. The average Bonchev–Trinajstić information content (AvgIpc) is 3.17. The fourth-order valence-electron chi connectivity index (χ4n) is 1.91. The minimum atomic E-state index is 0.135. The highest BCUT2D eigenvalue weighted by molar-refractivity contribution is 5.80. The predicted molar refractivity (Wildman–Crippen MR) is 69.0 cm³/mol. The van der Waals surface area contributed by atoms with Gasteiger partial charge >= 0.3 is 0 Å². The molecule has 6 nitrogen and oxygen atoms in total. The van der Waals surface area contributed by atoms with Crippen molar-refractivity contribution in [3.8, 4) is 5.88 Å². The van der Waals surface area contributed by atoms with Crippen LogP contribution in [0, 0.1) is 5.41 Å². The van der Waals surface area contributed by atoms with Crippen LogP contribution in [-0.4, -0.2) is 29.7 Å². The van der Waals surface area contributed by atoms with E-state index in [1.165, 1.54) is 0 Å². The molecule has 0 bridgehead atoms. The quantitative estimate of drug-likeness (QED) is 0.307. The van der Waals surface area contributed by atoms with Gasteiger partial charge in [0.1, 0.15) is 5.84 Å². The molecule has 4 N–H and O–H groups in total. The SMILES string of the molecule is COc1ccc(NCC2(CC(N)=NO)CC2)cn1. The third kappa shape index (κ3) is 3.03. The van der Waals surface area contributed by atoms with Gasteiger partial charge in [-0.25, -0.2) is 4.98 Å². The monoisotopic (exact) mass is 250 g/mol. The van der Waals surface area contributed by atoms with Gasteiger partial charge in [-0.3, -0.25) is 0 Å². The maximum Gasteiger partial charge on any atom is 0.213 e.